The molecule has 0 bridgehead atoms. The smallest absolute Gasteiger partial charge is 0.326 e. The molecular weight excluding hydrogens is 374 g/mol. The van der Waals surface area contributed by atoms with E-state index in [0.717, 1.165) is 9.95 Å². The summed E-state index contributed by atoms with van der Waals surface area (Å²) in [5, 5.41) is 0.732. The summed E-state index contributed by atoms with van der Waals surface area (Å²) in [4.78, 5) is 43.6. The molecule has 1 aromatic carbocycles. The van der Waals surface area contributed by atoms with Gasteiger partial charge in [0.05, 0.1) is 6.33 Å². The van der Waals surface area contributed by atoms with Crippen LogP contribution >= 0.6 is 0 Å². The number of amides is 1. The summed E-state index contributed by atoms with van der Waals surface area (Å²) in [7, 11) is 0. The van der Waals surface area contributed by atoms with Gasteiger partial charge >= 0.3 is 5.97 Å². The molecule has 0 spiro atoms. The Balaban J connectivity index is 1.77. The minimum atomic E-state index is -0.953. The van der Waals surface area contributed by atoms with Gasteiger partial charge < -0.3 is 14.1 Å². The first kappa shape index (κ1) is 20.6. The average molecular weight is 399 g/mol. The first-order valence-corrected chi connectivity index (χ1v) is 9.59. The largest absolute Gasteiger partial charge is 0.451 e. The quantitative estimate of drug-likeness (QED) is 0.592. The molecule has 0 unspecified atom stereocenters. The predicted molar refractivity (Wildman–Crippen MR) is 108 cm³/mol. The number of furan rings is 1. The molecule has 29 heavy (non-hydrogen) atoms. The van der Waals surface area contributed by atoms with Crippen LogP contribution in [0.5, 0.6) is 0 Å². The molecule has 0 fully saturated rings. The molecule has 0 N–H and O–H groups in total. The van der Waals surface area contributed by atoms with Crippen molar-refractivity contribution in [1.82, 2.24) is 14.5 Å². The molecule has 8 nitrogen and oxygen atoms in total. The molecular formula is C21H25N3O5. The normalized spacial score (nSPS) is 12.7. The number of hydrogen-bond donors (Lipinski definition) is 0. The van der Waals surface area contributed by atoms with Crippen LogP contribution in [0.4, 0.5) is 0 Å². The van der Waals surface area contributed by atoms with Crippen LogP contribution in [-0.2, 0) is 20.9 Å². The van der Waals surface area contributed by atoms with Crippen LogP contribution in [0.1, 0.15) is 34.6 Å². The van der Waals surface area contributed by atoms with E-state index in [2.05, 4.69) is 4.98 Å². The van der Waals surface area contributed by atoms with Gasteiger partial charge in [0.25, 0.3) is 11.5 Å². The van der Waals surface area contributed by atoms with Gasteiger partial charge in [-0.05, 0) is 46.8 Å². The fourth-order valence-electron chi connectivity index (χ4n) is 3.47. The van der Waals surface area contributed by atoms with Crippen LogP contribution in [0.15, 0.2) is 39.8 Å². The molecule has 3 rings (SSSR count). The van der Waals surface area contributed by atoms with Crippen molar-refractivity contribution in [2.24, 2.45) is 0 Å². The minimum Gasteiger partial charge on any atom is -0.451 e. The minimum absolute atomic E-state index is 0.0223. The van der Waals surface area contributed by atoms with Crippen molar-refractivity contribution in [3.8, 4) is 0 Å². The maximum absolute atomic E-state index is 12.7. The van der Waals surface area contributed by atoms with Crippen LogP contribution in [0.3, 0.4) is 0 Å². The van der Waals surface area contributed by atoms with E-state index in [9.17, 15) is 14.4 Å². The monoisotopic (exact) mass is 399 g/mol. The maximum atomic E-state index is 12.7. The Kier molecular flexibility index (Phi) is 5.72. The second-order valence-corrected chi connectivity index (χ2v) is 7.52. The third kappa shape index (κ3) is 4.01. The average Bonchev–Trinajstić information content (AvgIpc) is 3.03. The van der Waals surface area contributed by atoms with E-state index in [1.165, 1.54) is 13.3 Å². The van der Waals surface area contributed by atoms with Gasteiger partial charge in [0.1, 0.15) is 17.6 Å². The van der Waals surface area contributed by atoms with Crippen molar-refractivity contribution in [3.05, 3.63) is 40.9 Å². The summed E-state index contributed by atoms with van der Waals surface area (Å²) >= 11 is 0. The number of esters is 1. The van der Waals surface area contributed by atoms with E-state index in [1.54, 1.807) is 17.0 Å². The first-order valence-electron chi connectivity index (χ1n) is 9.59. The lowest BCUT2D eigenvalue weighted by atomic mass is 10.2. The van der Waals surface area contributed by atoms with E-state index >= 15 is 0 Å². The number of ether oxygens (including phenoxy) is 1. The highest BCUT2D eigenvalue weighted by atomic mass is 16.5. The topological polar surface area (TPSA) is 94.6 Å². The molecule has 0 saturated carbocycles. The third-order valence-electron chi connectivity index (χ3n) is 4.67. The van der Waals surface area contributed by atoms with Gasteiger partial charge in [0.2, 0.25) is 5.58 Å². The summed E-state index contributed by atoms with van der Waals surface area (Å²) in [5.41, 5.74) is 0.599. The molecule has 0 radical (unpaired) electrons. The van der Waals surface area contributed by atoms with Gasteiger partial charge in [-0.15, -0.1) is 0 Å². The summed E-state index contributed by atoms with van der Waals surface area (Å²) in [6.07, 6.45) is 0.334. The van der Waals surface area contributed by atoms with E-state index in [0.29, 0.717) is 11.1 Å². The highest BCUT2D eigenvalue weighted by Gasteiger charge is 2.28. The van der Waals surface area contributed by atoms with Crippen LogP contribution in [0, 0.1) is 0 Å². The lowest BCUT2D eigenvalue weighted by molar-refractivity contribution is -0.161. The van der Waals surface area contributed by atoms with Gasteiger partial charge in [0, 0.05) is 17.5 Å². The summed E-state index contributed by atoms with van der Waals surface area (Å²) in [6.45, 7) is 8.78. The fourth-order valence-corrected chi connectivity index (χ4v) is 3.47. The number of benzene rings is 1. The number of para-hydroxylation sites is 1. The van der Waals surface area contributed by atoms with Gasteiger partial charge in [-0.3, -0.25) is 19.0 Å². The summed E-state index contributed by atoms with van der Waals surface area (Å²) in [5.74, 6) is -0.973. The molecule has 2 aromatic heterocycles. The van der Waals surface area contributed by atoms with Crippen molar-refractivity contribution in [2.75, 3.05) is 0 Å². The van der Waals surface area contributed by atoms with Crippen LogP contribution in [-0.4, -0.2) is 44.5 Å². The molecule has 0 aliphatic heterocycles. The Bertz CT molecular complexity index is 1100. The zero-order valence-corrected chi connectivity index (χ0v) is 17.2. The zero-order chi connectivity index (χ0) is 21.3. The molecule has 1 amide bonds. The molecule has 0 aliphatic carbocycles. The first-order chi connectivity index (χ1) is 13.7. The van der Waals surface area contributed by atoms with Crippen molar-refractivity contribution in [2.45, 2.75) is 59.4 Å². The number of nitrogens with zero attached hydrogens (tertiary/aromatic N) is 3. The molecule has 0 saturated heterocycles. The van der Waals surface area contributed by atoms with E-state index in [4.69, 9.17) is 9.15 Å². The van der Waals surface area contributed by atoms with Crippen molar-refractivity contribution in [1.29, 1.82) is 0 Å². The number of aromatic nitrogens is 2. The highest BCUT2D eigenvalue weighted by molar-refractivity contribution is 6.01. The van der Waals surface area contributed by atoms with Gasteiger partial charge in [-0.25, -0.2) is 4.98 Å². The summed E-state index contributed by atoms with van der Waals surface area (Å²) in [6, 6.07) is 7.15. The van der Waals surface area contributed by atoms with E-state index in [-0.39, 0.29) is 30.1 Å². The molecule has 3 aromatic rings. The maximum Gasteiger partial charge on any atom is 0.326 e. The fraction of sp³-hybridized carbons (Fsp3) is 0.429. The Labute approximate surface area is 168 Å². The second kappa shape index (κ2) is 8.06. The van der Waals surface area contributed by atoms with Crippen LogP contribution < -0.4 is 5.56 Å². The standard InChI is InChI=1S/C21H25N3O5/c1-12(2)24(13(3)4)20(26)14(5)28-17(25)10-23-11-22-18-15-8-6-7-9-16(15)29-19(18)21(23)27/h6-9,11-14H,10H2,1-5H3/t14-/m0/s1. The molecule has 2 heterocycles. The lowest BCUT2D eigenvalue weighted by Gasteiger charge is -2.32. The van der Waals surface area contributed by atoms with Crippen LogP contribution in [0.25, 0.3) is 22.1 Å². The predicted octanol–water partition coefficient (Wildman–Crippen LogP) is 2.72. The van der Waals surface area contributed by atoms with Crippen LogP contribution in [0.2, 0.25) is 0 Å². The Morgan fingerprint density at radius 3 is 2.45 bits per heavy atom. The highest BCUT2D eigenvalue weighted by Crippen LogP contribution is 2.24. The van der Waals surface area contributed by atoms with E-state index < -0.39 is 17.6 Å². The third-order valence-corrected chi connectivity index (χ3v) is 4.67. The summed E-state index contributed by atoms with van der Waals surface area (Å²) < 4.78 is 12.0. The number of carbonyl (C=O) groups excluding carboxylic acids is 2. The van der Waals surface area contributed by atoms with Gasteiger partial charge in [0.15, 0.2) is 6.10 Å². The molecule has 154 valence electrons. The molecule has 0 aliphatic rings. The van der Waals surface area contributed by atoms with Crippen molar-refractivity contribution < 1.29 is 18.7 Å². The van der Waals surface area contributed by atoms with E-state index in [1.807, 2.05) is 39.8 Å². The van der Waals surface area contributed by atoms with Gasteiger partial charge in [-0.2, -0.15) is 0 Å². The zero-order valence-electron chi connectivity index (χ0n) is 17.2. The number of rotatable bonds is 6. The van der Waals surface area contributed by atoms with Gasteiger partial charge in [-0.1, -0.05) is 12.1 Å². The Morgan fingerprint density at radius 1 is 1.14 bits per heavy atom. The molecule has 1 atom stereocenters. The van der Waals surface area contributed by atoms with Crippen molar-refractivity contribution >= 4 is 33.9 Å². The Hall–Kier alpha value is -3.16. The molecule has 8 heteroatoms. The number of fused-ring (bicyclic) bond motifs is 3. The lowest BCUT2D eigenvalue weighted by Crippen LogP contribution is -2.47. The van der Waals surface area contributed by atoms with Crippen molar-refractivity contribution in [3.63, 3.8) is 0 Å². The second-order valence-electron chi connectivity index (χ2n) is 7.52. The SMILES string of the molecule is CC(C)N(C(=O)[C@H](C)OC(=O)Cn1cnc2c(oc3ccccc32)c1=O)C(C)C. The number of hydrogen-bond acceptors (Lipinski definition) is 6. The number of carbonyl (C=O) groups is 2. The Morgan fingerprint density at radius 2 is 1.79 bits per heavy atom.